The van der Waals surface area contributed by atoms with E-state index in [2.05, 4.69) is 5.32 Å². The van der Waals surface area contributed by atoms with E-state index in [0.717, 1.165) is 5.56 Å². The lowest BCUT2D eigenvalue weighted by Crippen LogP contribution is -2.47. The number of carbonyl (C=O) groups is 3. The average molecular weight is 403 g/mol. The van der Waals surface area contributed by atoms with Crippen molar-refractivity contribution in [2.24, 2.45) is 5.92 Å². The predicted molar refractivity (Wildman–Crippen MR) is 107 cm³/mol. The fourth-order valence-electron chi connectivity index (χ4n) is 3.11. The molecule has 1 fully saturated rings. The minimum atomic E-state index is -0.793. The smallest absolute Gasteiger partial charge is 0.303 e. The van der Waals surface area contributed by atoms with Crippen LogP contribution in [0.3, 0.4) is 0 Å². The molecular formula is C22H29NO6. The number of benzene rings is 1. The van der Waals surface area contributed by atoms with E-state index in [4.69, 9.17) is 14.6 Å². The van der Waals surface area contributed by atoms with Gasteiger partial charge in [-0.3, -0.25) is 14.4 Å². The summed E-state index contributed by atoms with van der Waals surface area (Å²) in [5.74, 6) is -1.84. The Kier molecular flexibility index (Phi) is 9.53. The number of nitrogens with one attached hydrogen (secondary N) is 1. The van der Waals surface area contributed by atoms with E-state index in [1.807, 2.05) is 42.5 Å². The summed E-state index contributed by atoms with van der Waals surface area (Å²) in [5.41, 5.74) is 0.800. The minimum absolute atomic E-state index is 0.0476. The fourth-order valence-corrected chi connectivity index (χ4v) is 3.11. The normalized spacial score (nSPS) is 21.8. The predicted octanol–water partition coefficient (Wildman–Crippen LogP) is 2.49. The summed E-state index contributed by atoms with van der Waals surface area (Å²) in [7, 11) is 0. The Bertz CT molecular complexity index is 703. The standard InChI is InChI=1S/C22H29NO6/c1-16-28-15-18(11-7-2-3-8-12-21(25)26)20(29-16)14-23-22(27)19(24)13-17-9-5-4-6-10-17/h2,4-7,9-10,16,18,20H,3,8,11-15H2,1H3,(H,23,27)(H,25,26)/t16-,18+,20+/m1/s1. The molecule has 1 aliphatic heterocycles. The van der Waals surface area contributed by atoms with Crippen LogP contribution in [0.25, 0.3) is 0 Å². The molecule has 2 rings (SSSR count). The molecule has 1 aliphatic rings. The second-order valence-electron chi connectivity index (χ2n) is 7.12. The number of carbonyl (C=O) groups excluding carboxylic acids is 2. The van der Waals surface area contributed by atoms with Crippen molar-refractivity contribution in [3.8, 4) is 0 Å². The van der Waals surface area contributed by atoms with Gasteiger partial charge in [0.15, 0.2) is 6.29 Å². The minimum Gasteiger partial charge on any atom is -0.481 e. The van der Waals surface area contributed by atoms with E-state index in [-0.39, 0.29) is 37.7 Å². The zero-order valence-electron chi connectivity index (χ0n) is 16.7. The van der Waals surface area contributed by atoms with E-state index < -0.39 is 17.7 Å². The number of carboxylic acid groups (broad SMARTS) is 1. The first-order valence-corrected chi connectivity index (χ1v) is 9.94. The van der Waals surface area contributed by atoms with E-state index in [1.54, 1.807) is 6.92 Å². The van der Waals surface area contributed by atoms with Crippen LogP contribution in [0.1, 0.15) is 38.2 Å². The summed E-state index contributed by atoms with van der Waals surface area (Å²) in [6, 6.07) is 9.15. The zero-order chi connectivity index (χ0) is 21.1. The van der Waals surface area contributed by atoms with E-state index in [0.29, 0.717) is 25.9 Å². The summed E-state index contributed by atoms with van der Waals surface area (Å²) in [6.07, 6.45) is 5.55. The average Bonchev–Trinajstić information content (AvgIpc) is 2.70. The van der Waals surface area contributed by atoms with Crippen LogP contribution in [0.4, 0.5) is 0 Å². The van der Waals surface area contributed by atoms with Crippen LogP contribution in [0, 0.1) is 5.92 Å². The number of amides is 1. The van der Waals surface area contributed by atoms with Crippen molar-refractivity contribution in [3.05, 3.63) is 48.0 Å². The number of hydrogen-bond donors (Lipinski definition) is 2. The maximum absolute atomic E-state index is 12.2. The van der Waals surface area contributed by atoms with Crippen LogP contribution in [0.2, 0.25) is 0 Å². The maximum Gasteiger partial charge on any atom is 0.303 e. The van der Waals surface area contributed by atoms with Gasteiger partial charge in [0.1, 0.15) is 0 Å². The van der Waals surface area contributed by atoms with Gasteiger partial charge in [0.2, 0.25) is 5.78 Å². The van der Waals surface area contributed by atoms with E-state index >= 15 is 0 Å². The van der Waals surface area contributed by atoms with Gasteiger partial charge >= 0.3 is 5.97 Å². The van der Waals surface area contributed by atoms with Crippen LogP contribution < -0.4 is 5.32 Å². The lowest BCUT2D eigenvalue weighted by molar-refractivity contribution is -0.225. The lowest BCUT2D eigenvalue weighted by Gasteiger charge is -2.35. The molecule has 2 N–H and O–H groups in total. The highest BCUT2D eigenvalue weighted by Gasteiger charge is 2.30. The monoisotopic (exact) mass is 403 g/mol. The van der Waals surface area contributed by atoms with Crippen molar-refractivity contribution < 1.29 is 29.0 Å². The van der Waals surface area contributed by atoms with Gasteiger partial charge in [-0.1, -0.05) is 42.5 Å². The van der Waals surface area contributed by atoms with E-state index in [1.165, 1.54) is 0 Å². The summed E-state index contributed by atoms with van der Waals surface area (Å²) in [4.78, 5) is 34.8. The van der Waals surface area contributed by atoms with Crippen LogP contribution >= 0.6 is 0 Å². The molecule has 0 bridgehead atoms. The van der Waals surface area contributed by atoms with Gasteiger partial charge in [-0.15, -0.1) is 0 Å². The molecule has 7 heteroatoms. The number of Topliss-reactive ketones (excluding diaryl/α,β-unsaturated/α-hetero) is 1. The first kappa shape index (κ1) is 22.8. The highest BCUT2D eigenvalue weighted by molar-refractivity contribution is 6.36. The van der Waals surface area contributed by atoms with Crippen LogP contribution in [0.5, 0.6) is 0 Å². The van der Waals surface area contributed by atoms with Gasteiger partial charge in [0, 0.05) is 25.3 Å². The number of rotatable bonds is 11. The number of unbranched alkanes of at least 4 members (excludes halogenated alkanes) is 1. The first-order chi connectivity index (χ1) is 14.0. The SMILES string of the molecule is C[C@@H]1OC[C@H](CC=CCCCC(=O)O)[C@H](CNC(=O)C(=O)Cc2ccccc2)O1. The van der Waals surface area contributed by atoms with Crippen molar-refractivity contribution in [3.63, 3.8) is 0 Å². The molecule has 0 unspecified atom stereocenters. The second kappa shape index (κ2) is 12.1. The molecule has 3 atom stereocenters. The fraction of sp³-hybridized carbons (Fsp3) is 0.500. The summed E-state index contributed by atoms with van der Waals surface area (Å²) >= 11 is 0. The Morgan fingerprint density at radius 3 is 2.69 bits per heavy atom. The number of carboxylic acids is 1. The van der Waals surface area contributed by atoms with Gasteiger partial charge < -0.3 is 19.9 Å². The Morgan fingerprint density at radius 1 is 1.21 bits per heavy atom. The molecule has 1 aromatic rings. The van der Waals surface area contributed by atoms with Crippen molar-refractivity contribution in [1.82, 2.24) is 5.32 Å². The Morgan fingerprint density at radius 2 is 1.97 bits per heavy atom. The third kappa shape index (κ3) is 8.58. The molecule has 158 valence electrons. The molecular weight excluding hydrogens is 374 g/mol. The summed E-state index contributed by atoms with van der Waals surface area (Å²) in [6.45, 7) is 2.54. The maximum atomic E-state index is 12.2. The summed E-state index contributed by atoms with van der Waals surface area (Å²) in [5, 5.41) is 11.3. The molecule has 7 nitrogen and oxygen atoms in total. The molecule has 0 aliphatic carbocycles. The largest absolute Gasteiger partial charge is 0.481 e. The first-order valence-electron chi connectivity index (χ1n) is 9.94. The van der Waals surface area contributed by atoms with Crippen LogP contribution in [-0.4, -0.2) is 48.3 Å². The van der Waals surface area contributed by atoms with Crippen molar-refractivity contribution in [2.45, 2.75) is 51.4 Å². The zero-order valence-corrected chi connectivity index (χ0v) is 16.7. The Labute approximate surface area is 171 Å². The number of ketones is 1. The highest BCUT2D eigenvalue weighted by atomic mass is 16.7. The number of ether oxygens (including phenoxy) is 2. The van der Waals surface area contributed by atoms with Crippen LogP contribution in [-0.2, 0) is 30.3 Å². The molecule has 1 saturated heterocycles. The molecule has 0 saturated carbocycles. The number of allylic oxidation sites excluding steroid dienone is 2. The molecule has 29 heavy (non-hydrogen) atoms. The molecule has 0 radical (unpaired) electrons. The molecule has 1 amide bonds. The van der Waals surface area contributed by atoms with Crippen molar-refractivity contribution >= 4 is 17.7 Å². The quantitative estimate of drug-likeness (QED) is 0.334. The van der Waals surface area contributed by atoms with Crippen LogP contribution in [0.15, 0.2) is 42.5 Å². The molecule has 1 aromatic carbocycles. The number of hydrogen-bond acceptors (Lipinski definition) is 5. The van der Waals surface area contributed by atoms with Gasteiger partial charge in [-0.05, 0) is 31.7 Å². The second-order valence-corrected chi connectivity index (χ2v) is 7.12. The lowest BCUT2D eigenvalue weighted by atomic mass is 9.97. The number of aliphatic carboxylic acids is 1. The van der Waals surface area contributed by atoms with Gasteiger partial charge in [-0.2, -0.15) is 0 Å². The van der Waals surface area contributed by atoms with E-state index in [9.17, 15) is 14.4 Å². The van der Waals surface area contributed by atoms with Gasteiger partial charge in [-0.25, -0.2) is 0 Å². The topological polar surface area (TPSA) is 102 Å². The Hall–Kier alpha value is -2.51. The summed E-state index contributed by atoms with van der Waals surface area (Å²) < 4.78 is 11.3. The highest BCUT2D eigenvalue weighted by Crippen LogP contribution is 2.22. The third-order valence-corrected chi connectivity index (χ3v) is 4.73. The molecule has 1 heterocycles. The molecule has 0 aromatic heterocycles. The van der Waals surface area contributed by atoms with Gasteiger partial charge in [0.25, 0.3) is 5.91 Å². The van der Waals surface area contributed by atoms with Crippen molar-refractivity contribution in [2.75, 3.05) is 13.2 Å². The third-order valence-electron chi connectivity index (χ3n) is 4.73. The van der Waals surface area contributed by atoms with Crippen molar-refractivity contribution in [1.29, 1.82) is 0 Å². The molecule has 0 spiro atoms. The Balaban J connectivity index is 1.78. The van der Waals surface area contributed by atoms with Gasteiger partial charge in [0.05, 0.1) is 12.7 Å².